The lowest BCUT2D eigenvalue weighted by Gasteiger charge is -2.18. The number of amides is 2. The number of imide groups is 1. The number of nitrogens with zero attached hydrogens (tertiary/aromatic N) is 3. The molecule has 3 aromatic rings. The van der Waals surface area contributed by atoms with Crippen LogP contribution in [0.25, 0.3) is 17.3 Å². The fraction of sp³-hybridized carbons (Fsp3) is 0. The Kier molecular flexibility index (Phi) is 3.46. The van der Waals surface area contributed by atoms with Crippen LogP contribution in [0.4, 0.5) is 4.39 Å². The number of nitrogens with one attached hydrogen (secondary N) is 1. The highest BCUT2D eigenvalue weighted by molar-refractivity contribution is 6.33. The molecular weight excluding hydrogens is 323 g/mol. The number of aromatic nitrogens is 3. The molecule has 1 aliphatic rings. The number of hydrogen-bond acceptors (Lipinski definition) is 4. The van der Waals surface area contributed by atoms with Gasteiger partial charge in [-0.15, -0.1) is 0 Å². The van der Waals surface area contributed by atoms with Crippen molar-refractivity contribution in [2.24, 2.45) is 0 Å². The SMILES string of the molecule is O=C1NC(=O)c2ccccc2/C1=C\c1ccc(-n2cncn2)c(F)c1. The summed E-state index contributed by atoms with van der Waals surface area (Å²) in [6, 6.07) is 11.3. The molecule has 0 fully saturated rings. The van der Waals surface area contributed by atoms with E-state index in [9.17, 15) is 14.0 Å². The first-order valence-corrected chi connectivity index (χ1v) is 7.45. The number of hydrogen-bond donors (Lipinski definition) is 1. The van der Waals surface area contributed by atoms with Gasteiger partial charge >= 0.3 is 0 Å². The molecule has 2 heterocycles. The van der Waals surface area contributed by atoms with Crippen molar-refractivity contribution in [2.75, 3.05) is 0 Å². The zero-order valence-corrected chi connectivity index (χ0v) is 12.8. The average molecular weight is 334 g/mol. The molecule has 0 spiro atoms. The van der Waals surface area contributed by atoms with E-state index in [1.165, 1.54) is 23.4 Å². The van der Waals surface area contributed by atoms with Crippen LogP contribution in [-0.4, -0.2) is 26.6 Å². The number of rotatable bonds is 2. The maximum atomic E-state index is 14.4. The van der Waals surface area contributed by atoms with Crippen molar-refractivity contribution in [1.29, 1.82) is 0 Å². The highest BCUT2D eigenvalue weighted by Gasteiger charge is 2.26. The van der Waals surface area contributed by atoms with E-state index in [0.717, 1.165) is 0 Å². The zero-order chi connectivity index (χ0) is 17.4. The Hall–Kier alpha value is -3.61. The summed E-state index contributed by atoms with van der Waals surface area (Å²) in [7, 11) is 0. The van der Waals surface area contributed by atoms with Gasteiger partial charge in [0.25, 0.3) is 11.8 Å². The van der Waals surface area contributed by atoms with E-state index in [1.807, 2.05) is 0 Å². The third-order valence-corrected chi connectivity index (χ3v) is 3.88. The molecule has 0 atom stereocenters. The summed E-state index contributed by atoms with van der Waals surface area (Å²) in [6.45, 7) is 0. The van der Waals surface area contributed by atoms with E-state index in [2.05, 4.69) is 15.4 Å². The van der Waals surface area contributed by atoms with Crippen LogP contribution in [0.5, 0.6) is 0 Å². The fourth-order valence-electron chi connectivity index (χ4n) is 2.72. The maximum Gasteiger partial charge on any atom is 0.258 e. The van der Waals surface area contributed by atoms with Crippen LogP contribution >= 0.6 is 0 Å². The first kappa shape index (κ1) is 14.9. The first-order valence-electron chi connectivity index (χ1n) is 7.45. The van der Waals surface area contributed by atoms with Crippen molar-refractivity contribution >= 4 is 23.5 Å². The van der Waals surface area contributed by atoms with Gasteiger partial charge in [0.1, 0.15) is 24.2 Å². The van der Waals surface area contributed by atoms with Gasteiger partial charge in [-0.25, -0.2) is 14.1 Å². The smallest absolute Gasteiger partial charge is 0.258 e. The van der Waals surface area contributed by atoms with Crippen LogP contribution in [0.15, 0.2) is 55.1 Å². The van der Waals surface area contributed by atoms with Gasteiger partial charge in [-0.2, -0.15) is 5.10 Å². The van der Waals surface area contributed by atoms with Crippen LogP contribution in [0.2, 0.25) is 0 Å². The van der Waals surface area contributed by atoms with Gasteiger partial charge in [0.05, 0.1) is 0 Å². The van der Waals surface area contributed by atoms with E-state index >= 15 is 0 Å². The molecule has 1 aliphatic heterocycles. The minimum absolute atomic E-state index is 0.253. The van der Waals surface area contributed by atoms with Gasteiger partial charge in [-0.1, -0.05) is 24.3 Å². The molecule has 6 nitrogen and oxygen atoms in total. The number of benzene rings is 2. The zero-order valence-electron chi connectivity index (χ0n) is 12.8. The number of halogens is 1. The van der Waals surface area contributed by atoms with Crippen molar-refractivity contribution < 1.29 is 14.0 Å². The van der Waals surface area contributed by atoms with Crippen LogP contribution in [-0.2, 0) is 4.79 Å². The molecule has 1 aromatic heterocycles. The molecule has 0 saturated carbocycles. The van der Waals surface area contributed by atoms with Crippen molar-refractivity contribution in [3.8, 4) is 5.69 Å². The van der Waals surface area contributed by atoms with Crippen molar-refractivity contribution in [3.05, 3.63) is 77.6 Å². The van der Waals surface area contributed by atoms with Crippen LogP contribution in [0.3, 0.4) is 0 Å². The molecule has 1 N–H and O–H groups in total. The lowest BCUT2D eigenvalue weighted by molar-refractivity contribution is -0.114. The summed E-state index contributed by atoms with van der Waals surface area (Å²) in [5.41, 5.74) is 1.99. The predicted octanol–water partition coefficient (Wildman–Crippen LogP) is 2.22. The minimum atomic E-state index is -0.510. The molecule has 122 valence electrons. The van der Waals surface area contributed by atoms with Crippen molar-refractivity contribution in [2.45, 2.75) is 0 Å². The number of carbonyl (C=O) groups excluding carboxylic acids is 2. The number of carbonyl (C=O) groups is 2. The Morgan fingerprint density at radius 3 is 2.56 bits per heavy atom. The first-order chi connectivity index (χ1) is 12.1. The van der Waals surface area contributed by atoms with Gasteiger partial charge < -0.3 is 0 Å². The summed E-state index contributed by atoms with van der Waals surface area (Å²) in [4.78, 5) is 27.9. The fourth-order valence-corrected chi connectivity index (χ4v) is 2.72. The van der Waals surface area contributed by atoms with E-state index in [4.69, 9.17) is 0 Å². The minimum Gasteiger partial charge on any atom is -0.288 e. The van der Waals surface area contributed by atoms with Gasteiger partial charge in [0.2, 0.25) is 0 Å². The van der Waals surface area contributed by atoms with E-state index in [1.54, 1.807) is 42.5 Å². The topological polar surface area (TPSA) is 76.9 Å². The van der Waals surface area contributed by atoms with Crippen molar-refractivity contribution in [3.63, 3.8) is 0 Å². The molecule has 0 unspecified atom stereocenters. The third-order valence-electron chi connectivity index (χ3n) is 3.88. The standard InChI is InChI=1S/C18H11FN4O2/c19-15-8-11(5-6-16(15)23-10-20-9-21-23)7-14-12-3-1-2-4-13(12)17(24)22-18(14)25/h1-10H,(H,22,24,25)/b14-7+. The van der Waals surface area contributed by atoms with E-state index in [0.29, 0.717) is 22.3 Å². The van der Waals surface area contributed by atoms with E-state index in [-0.39, 0.29) is 5.69 Å². The summed E-state index contributed by atoms with van der Waals surface area (Å²) >= 11 is 0. The van der Waals surface area contributed by atoms with Crippen LogP contribution in [0, 0.1) is 5.82 Å². The quantitative estimate of drug-likeness (QED) is 0.576. The van der Waals surface area contributed by atoms with Gasteiger partial charge in [-0.05, 0) is 35.4 Å². The Morgan fingerprint density at radius 1 is 1.04 bits per heavy atom. The Morgan fingerprint density at radius 2 is 1.84 bits per heavy atom. The second-order valence-electron chi connectivity index (χ2n) is 5.44. The average Bonchev–Trinajstić information content (AvgIpc) is 3.13. The van der Waals surface area contributed by atoms with E-state index < -0.39 is 17.6 Å². The molecule has 2 aromatic carbocycles. The number of fused-ring (bicyclic) bond motifs is 1. The second kappa shape index (κ2) is 5.79. The van der Waals surface area contributed by atoms with Crippen LogP contribution in [0.1, 0.15) is 21.5 Å². The predicted molar refractivity (Wildman–Crippen MR) is 88.1 cm³/mol. The monoisotopic (exact) mass is 334 g/mol. The van der Waals surface area contributed by atoms with Crippen LogP contribution < -0.4 is 5.32 Å². The molecule has 7 heteroatoms. The van der Waals surface area contributed by atoms with Crippen molar-refractivity contribution in [1.82, 2.24) is 20.1 Å². The molecule has 0 radical (unpaired) electrons. The largest absolute Gasteiger partial charge is 0.288 e. The summed E-state index contributed by atoms with van der Waals surface area (Å²) in [5, 5.41) is 6.18. The summed E-state index contributed by atoms with van der Waals surface area (Å²) in [5.74, 6) is -1.45. The second-order valence-corrected chi connectivity index (χ2v) is 5.44. The molecule has 0 aliphatic carbocycles. The highest BCUT2D eigenvalue weighted by Crippen LogP contribution is 2.26. The lowest BCUT2D eigenvalue weighted by Crippen LogP contribution is -2.36. The summed E-state index contributed by atoms with van der Waals surface area (Å²) in [6.07, 6.45) is 4.26. The lowest BCUT2D eigenvalue weighted by atomic mass is 9.93. The molecule has 2 amide bonds. The molecule has 25 heavy (non-hydrogen) atoms. The third kappa shape index (κ3) is 2.61. The molecule has 0 saturated heterocycles. The Balaban J connectivity index is 1.78. The van der Waals surface area contributed by atoms with Gasteiger partial charge in [0, 0.05) is 11.1 Å². The van der Waals surface area contributed by atoms with Gasteiger partial charge in [0.15, 0.2) is 0 Å². The molecule has 0 bridgehead atoms. The maximum absolute atomic E-state index is 14.4. The molecule has 4 rings (SSSR count). The summed E-state index contributed by atoms with van der Waals surface area (Å²) < 4.78 is 15.7. The van der Waals surface area contributed by atoms with Gasteiger partial charge in [-0.3, -0.25) is 14.9 Å². The normalized spacial score (nSPS) is 15.2. The molecular formula is C18H11FN4O2. The Bertz CT molecular complexity index is 1030. The Labute approximate surface area is 141 Å². The highest BCUT2D eigenvalue weighted by atomic mass is 19.1.